The molecule has 0 aromatic heterocycles. The Balaban J connectivity index is 1.84. The molecule has 6 heteroatoms. The van der Waals surface area contributed by atoms with Gasteiger partial charge in [-0.15, -0.1) is 0 Å². The summed E-state index contributed by atoms with van der Waals surface area (Å²) in [4.78, 5) is 15.1. The molecule has 0 heterocycles. The van der Waals surface area contributed by atoms with Crippen LogP contribution in [0.1, 0.15) is 21.5 Å². The summed E-state index contributed by atoms with van der Waals surface area (Å²) in [5, 5.41) is 0.778. The van der Waals surface area contributed by atoms with Crippen LogP contribution in [0.5, 0.6) is 11.5 Å². The molecule has 0 aliphatic rings. The van der Waals surface area contributed by atoms with Gasteiger partial charge in [-0.3, -0.25) is 4.79 Å². The molecule has 0 aliphatic carbocycles. The van der Waals surface area contributed by atoms with E-state index in [-0.39, 0.29) is 5.91 Å². The Morgan fingerprint density at radius 1 is 0.900 bits per heavy atom. The molecule has 156 valence electrons. The Kier molecular flexibility index (Phi) is 7.61. The second kappa shape index (κ2) is 10.4. The van der Waals surface area contributed by atoms with Crippen LogP contribution in [0.3, 0.4) is 0 Å². The predicted molar refractivity (Wildman–Crippen MR) is 121 cm³/mol. The molecule has 0 spiro atoms. The van der Waals surface area contributed by atoms with Crippen molar-refractivity contribution in [2.45, 2.75) is 13.0 Å². The van der Waals surface area contributed by atoms with E-state index in [9.17, 15) is 4.79 Å². The first-order chi connectivity index (χ1) is 14.5. The van der Waals surface area contributed by atoms with Gasteiger partial charge in [-0.1, -0.05) is 53.5 Å². The molecule has 30 heavy (non-hydrogen) atoms. The van der Waals surface area contributed by atoms with Gasteiger partial charge >= 0.3 is 0 Å². The third-order valence-electron chi connectivity index (χ3n) is 4.83. The lowest BCUT2D eigenvalue weighted by molar-refractivity contribution is 0.0745. The first kappa shape index (κ1) is 22.0. The van der Waals surface area contributed by atoms with Gasteiger partial charge in [0.2, 0.25) is 0 Å². The molecule has 0 aliphatic heterocycles. The molecule has 3 aromatic rings. The summed E-state index contributed by atoms with van der Waals surface area (Å²) in [6.45, 7) is 0.976. The summed E-state index contributed by atoms with van der Waals surface area (Å²) in [6, 6.07) is 20.4. The number of benzene rings is 3. The maximum Gasteiger partial charge on any atom is 0.254 e. The fourth-order valence-electron chi connectivity index (χ4n) is 3.18. The monoisotopic (exact) mass is 443 g/mol. The average Bonchev–Trinajstić information content (AvgIpc) is 2.78. The molecule has 0 unspecified atom stereocenters. The van der Waals surface area contributed by atoms with Crippen molar-refractivity contribution in [1.82, 2.24) is 4.90 Å². The normalized spacial score (nSPS) is 10.5. The number of rotatable bonds is 8. The molecule has 4 nitrogen and oxygen atoms in total. The van der Waals surface area contributed by atoms with Crippen LogP contribution in [0.2, 0.25) is 10.0 Å². The van der Waals surface area contributed by atoms with Crippen LogP contribution < -0.4 is 9.47 Å². The van der Waals surface area contributed by atoms with Crippen LogP contribution >= 0.6 is 23.2 Å². The first-order valence-electron chi connectivity index (χ1n) is 9.51. The quantitative estimate of drug-likeness (QED) is 0.435. The zero-order valence-electron chi connectivity index (χ0n) is 16.9. The Bertz CT molecular complexity index is 1010. The van der Waals surface area contributed by atoms with Gasteiger partial charge in [0.15, 0.2) is 0 Å². The molecule has 0 saturated heterocycles. The minimum atomic E-state index is -0.112. The van der Waals surface area contributed by atoms with Gasteiger partial charge < -0.3 is 14.4 Å². The molecule has 3 aromatic carbocycles. The smallest absolute Gasteiger partial charge is 0.254 e. The number of methoxy groups -OCH3 is 2. The Labute approximate surface area is 186 Å². The Morgan fingerprint density at radius 3 is 2.30 bits per heavy atom. The van der Waals surface area contributed by atoms with Crippen molar-refractivity contribution in [3.05, 3.63) is 93.5 Å². The summed E-state index contributed by atoms with van der Waals surface area (Å²) in [5.74, 6) is 1.47. The second-order valence-corrected chi connectivity index (χ2v) is 7.58. The third-order valence-corrected chi connectivity index (χ3v) is 5.57. The summed E-state index contributed by atoms with van der Waals surface area (Å²) < 4.78 is 10.7. The van der Waals surface area contributed by atoms with E-state index in [0.29, 0.717) is 35.1 Å². The topological polar surface area (TPSA) is 38.8 Å². The van der Waals surface area contributed by atoms with Gasteiger partial charge in [-0.2, -0.15) is 0 Å². The molecule has 0 fully saturated rings. The summed E-state index contributed by atoms with van der Waals surface area (Å²) in [7, 11) is 3.27. The minimum Gasteiger partial charge on any atom is -0.497 e. The van der Waals surface area contributed by atoms with Crippen molar-refractivity contribution in [3.8, 4) is 11.5 Å². The number of nitrogens with zero attached hydrogens (tertiary/aromatic N) is 1. The molecule has 3 rings (SSSR count). The standard InChI is InChI=1S/C24H23Cl2NO3/c1-29-20-10-7-17(8-11-20)16-27(14-13-18-5-3-4-6-23(18)30-2)24(28)19-9-12-21(25)22(26)15-19/h3-12,15H,13-14,16H2,1-2H3. The van der Waals surface area contributed by atoms with Gasteiger partial charge in [-0.25, -0.2) is 0 Å². The average molecular weight is 444 g/mol. The molecule has 0 N–H and O–H groups in total. The number of carbonyl (C=O) groups excluding carboxylic acids is 1. The van der Waals surface area contributed by atoms with Crippen LogP contribution in [0, 0.1) is 0 Å². The third kappa shape index (κ3) is 5.47. The van der Waals surface area contributed by atoms with Gasteiger partial charge in [-0.05, 0) is 53.9 Å². The molecular weight excluding hydrogens is 421 g/mol. The van der Waals surface area contributed by atoms with Crippen molar-refractivity contribution in [1.29, 1.82) is 0 Å². The molecular formula is C24H23Cl2NO3. The van der Waals surface area contributed by atoms with Gasteiger partial charge in [0, 0.05) is 18.7 Å². The van der Waals surface area contributed by atoms with Crippen LogP contribution in [0.15, 0.2) is 66.7 Å². The highest BCUT2D eigenvalue weighted by Crippen LogP contribution is 2.25. The largest absolute Gasteiger partial charge is 0.497 e. The van der Waals surface area contributed by atoms with Crippen molar-refractivity contribution in [2.24, 2.45) is 0 Å². The van der Waals surface area contributed by atoms with E-state index in [1.807, 2.05) is 48.5 Å². The van der Waals surface area contributed by atoms with E-state index in [1.165, 1.54) is 0 Å². The van der Waals surface area contributed by atoms with Crippen molar-refractivity contribution in [3.63, 3.8) is 0 Å². The summed E-state index contributed by atoms with van der Waals surface area (Å²) >= 11 is 12.2. The molecule has 0 atom stereocenters. The van der Waals surface area contributed by atoms with Gasteiger partial charge in [0.1, 0.15) is 11.5 Å². The SMILES string of the molecule is COc1ccc(CN(CCc2ccccc2OC)C(=O)c2ccc(Cl)c(Cl)c2)cc1. The number of halogens is 2. The van der Waals surface area contributed by atoms with Crippen LogP contribution in [-0.4, -0.2) is 31.6 Å². The van der Waals surface area contributed by atoms with Crippen molar-refractivity contribution >= 4 is 29.1 Å². The van der Waals surface area contributed by atoms with E-state index in [0.717, 1.165) is 22.6 Å². The lowest BCUT2D eigenvalue weighted by atomic mass is 10.1. The van der Waals surface area contributed by atoms with E-state index < -0.39 is 0 Å². The number of hydrogen-bond donors (Lipinski definition) is 0. The predicted octanol–water partition coefficient (Wildman–Crippen LogP) is 5.90. The second-order valence-electron chi connectivity index (χ2n) is 6.77. The van der Waals surface area contributed by atoms with Crippen LogP contribution in [0.25, 0.3) is 0 Å². The summed E-state index contributed by atoms with van der Waals surface area (Å²) in [6.07, 6.45) is 0.660. The highest BCUT2D eigenvalue weighted by atomic mass is 35.5. The zero-order valence-corrected chi connectivity index (χ0v) is 18.4. The highest BCUT2D eigenvalue weighted by molar-refractivity contribution is 6.42. The van der Waals surface area contributed by atoms with Gasteiger partial charge in [0.05, 0.1) is 24.3 Å². The number of ether oxygens (including phenoxy) is 2. The molecule has 1 amide bonds. The maximum atomic E-state index is 13.3. The fourth-order valence-corrected chi connectivity index (χ4v) is 3.48. The number of para-hydroxylation sites is 1. The summed E-state index contributed by atoms with van der Waals surface area (Å²) in [5.41, 5.74) is 2.55. The number of hydrogen-bond acceptors (Lipinski definition) is 3. The minimum absolute atomic E-state index is 0.112. The van der Waals surface area contributed by atoms with E-state index in [1.54, 1.807) is 37.3 Å². The van der Waals surface area contributed by atoms with Crippen molar-refractivity contribution < 1.29 is 14.3 Å². The zero-order chi connectivity index (χ0) is 21.5. The van der Waals surface area contributed by atoms with E-state index in [4.69, 9.17) is 32.7 Å². The van der Waals surface area contributed by atoms with E-state index >= 15 is 0 Å². The Hall–Kier alpha value is -2.69. The first-order valence-corrected chi connectivity index (χ1v) is 10.3. The van der Waals surface area contributed by atoms with E-state index in [2.05, 4.69) is 0 Å². The number of carbonyl (C=O) groups is 1. The van der Waals surface area contributed by atoms with Gasteiger partial charge in [0.25, 0.3) is 5.91 Å². The van der Waals surface area contributed by atoms with Crippen LogP contribution in [-0.2, 0) is 13.0 Å². The lowest BCUT2D eigenvalue weighted by Crippen LogP contribution is -2.32. The molecule has 0 radical (unpaired) electrons. The fraction of sp³-hybridized carbons (Fsp3) is 0.208. The highest BCUT2D eigenvalue weighted by Gasteiger charge is 2.18. The number of amides is 1. The molecule has 0 saturated carbocycles. The lowest BCUT2D eigenvalue weighted by Gasteiger charge is -2.24. The maximum absolute atomic E-state index is 13.3. The van der Waals surface area contributed by atoms with Crippen molar-refractivity contribution in [2.75, 3.05) is 20.8 Å². The molecule has 0 bridgehead atoms. The Morgan fingerprint density at radius 2 is 1.63 bits per heavy atom. The van der Waals surface area contributed by atoms with Crippen LogP contribution in [0.4, 0.5) is 0 Å².